The third-order valence-corrected chi connectivity index (χ3v) is 8.46. The Morgan fingerprint density at radius 3 is 2.12 bits per heavy atom. The Bertz CT molecular complexity index is 1590. The standard InChI is InChI=1S/C36H44N2O12/c1-8-20(4)29-34(45)47-21(5)26(38-31(42)23-15-12-16-24(27(23)40)37-18-39)32(43)49-28(19(2)3)33(44)48-25(17-22-13-10-9-11-14-22)30(41)36(6,7)35(46)50-29/h9-16,18-21,25-26,28-29,40H,8,17H2,1-7H3,(H,37,39)(H,38,42). The maximum absolute atomic E-state index is 14.0. The summed E-state index contributed by atoms with van der Waals surface area (Å²) in [5.41, 5.74) is -1.75. The molecule has 2 aromatic rings. The third-order valence-electron chi connectivity index (χ3n) is 8.46. The molecule has 6 unspecified atom stereocenters. The van der Waals surface area contributed by atoms with Gasteiger partial charge in [0.15, 0.2) is 23.7 Å². The monoisotopic (exact) mass is 696 g/mol. The van der Waals surface area contributed by atoms with E-state index in [9.17, 15) is 38.7 Å². The lowest BCUT2D eigenvalue weighted by molar-refractivity contribution is -0.183. The summed E-state index contributed by atoms with van der Waals surface area (Å²) in [6.45, 7) is 10.3. The van der Waals surface area contributed by atoms with Crippen LogP contribution in [0.15, 0.2) is 48.5 Å². The van der Waals surface area contributed by atoms with Gasteiger partial charge >= 0.3 is 23.9 Å². The first-order valence-corrected chi connectivity index (χ1v) is 16.3. The number of ether oxygens (including phenoxy) is 4. The van der Waals surface area contributed by atoms with Crippen molar-refractivity contribution < 1.29 is 57.6 Å². The number of benzene rings is 2. The number of anilines is 1. The Kier molecular flexibility index (Phi) is 13.2. The van der Waals surface area contributed by atoms with Crippen LogP contribution >= 0.6 is 0 Å². The normalized spacial score (nSPS) is 24.0. The lowest BCUT2D eigenvalue weighted by Crippen LogP contribution is -2.52. The van der Waals surface area contributed by atoms with Crippen LogP contribution in [-0.2, 0) is 54.1 Å². The van der Waals surface area contributed by atoms with Gasteiger partial charge in [-0.1, -0.05) is 64.1 Å². The third kappa shape index (κ3) is 9.24. The number of para-hydroxylation sites is 1. The van der Waals surface area contributed by atoms with Gasteiger partial charge in [-0.3, -0.25) is 19.2 Å². The van der Waals surface area contributed by atoms with Crippen molar-refractivity contribution in [1.29, 1.82) is 0 Å². The van der Waals surface area contributed by atoms with Gasteiger partial charge in [0.05, 0.1) is 11.3 Å². The average molecular weight is 697 g/mol. The van der Waals surface area contributed by atoms with Crippen LogP contribution in [0.4, 0.5) is 5.69 Å². The molecule has 1 aliphatic rings. The molecule has 50 heavy (non-hydrogen) atoms. The fourth-order valence-electron chi connectivity index (χ4n) is 5.07. The number of Topliss-reactive ketones (excluding diaryl/α,β-unsaturated/α-hetero) is 1. The molecule has 14 nitrogen and oxygen atoms in total. The number of hydrogen-bond donors (Lipinski definition) is 3. The molecule has 0 aliphatic carbocycles. The number of carbonyl (C=O) groups excluding carboxylic acids is 7. The molecule has 3 N–H and O–H groups in total. The van der Waals surface area contributed by atoms with Crippen molar-refractivity contribution in [2.24, 2.45) is 17.3 Å². The van der Waals surface area contributed by atoms with Crippen LogP contribution in [0.3, 0.4) is 0 Å². The van der Waals surface area contributed by atoms with Crippen LogP contribution in [0.5, 0.6) is 5.75 Å². The van der Waals surface area contributed by atoms with E-state index >= 15 is 0 Å². The van der Waals surface area contributed by atoms with E-state index < -0.39 is 89.0 Å². The average Bonchev–Trinajstić information content (AvgIpc) is 3.07. The topological polar surface area (TPSA) is 201 Å². The van der Waals surface area contributed by atoms with Crippen LogP contribution < -0.4 is 10.6 Å². The van der Waals surface area contributed by atoms with Gasteiger partial charge in [0, 0.05) is 18.3 Å². The van der Waals surface area contributed by atoms with Gasteiger partial charge in [0.1, 0.15) is 11.5 Å². The second-order valence-electron chi connectivity index (χ2n) is 13.0. The summed E-state index contributed by atoms with van der Waals surface area (Å²) >= 11 is 0. The zero-order chi connectivity index (χ0) is 37.3. The number of hydrogen-bond acceptors (Lipinski definition) is 12. The molecular formula is C36H44N2O12. The van der Waals surface area contributed by atoms with Crippen molar-refractivity contribution in [2.45, 2.75) is 91.8 Å². The van der Waals surface area contributed by atoms with Gasteiger partial charge in [-0.2, -0.15) is 0 Å². The fourth-order valence-corrected chi connectivity index (χ4v) is 5.07. The van der Waals surface area contributed by atoms with Crippen molar-refractivity contribution in [3.8, 4) is 5.75 Å². The Hall–Kier alpha value is -5.27. The zero-order valence-corrected chi connectivity index (χ0v) is 29.1. The Morgan fingerprint density at radius 2 is 1.52 bits per heavy atom. The number of carbonyl (C=O) groups is 7. The van der Waals surface area contributed by atoms with Gasteiger partial charge in [-0.25, -0.2) is 14.4 Å². The summed E-state index contributed by atoms with van der Waals surface area (Å²) in [4.78, 5) is 93.1. The van der Waals surface area contributed by atoms with E-state index in [0.717, 1.165) is 0 Å². The van der Waals surface area contributed by atoms with Crippen LogP contribution in [0.1, 0.15) is 70.8 Å². The van der Waals surface area contributed by atoms with Crippen molar-refractivity contribution in [1.82, 2.24) is 5.32 Å². The fraction of sp³-hybridized carbons (Fsp3) is 0.472. The van der Waals surface area contributed by atoms with Gasteiger partial charge in [-0.05, 0) is 44.9 Å². The van der Waals surface area contributed by atoms with Gasteiger partial charge in [0.25, 0.3) is 5.91 Å². The van der Waals surface area contributed by atoms with Gasteiger partial charge < -0.3 is 34.7 Å². The largest absolute Gasteiger partial charge is 0.505 e. The molecule has 0 aromatic heterocycles. The maximum atomic E-state index is 14.0. The minimum Gasteiger partial charge on any atom is -0.505 e. The lowest BCUT2D eigenvalue weighted by atomic mass is 9.83. The van der Waals surface area contributed by atoms with E-state index in [2.05, 4.69) is 10.6 Å². The molecule has 14 heteroatoms. The summed E-state index contributed by atoms with van der Waals surface area (Å²) < 4.78 is 22.5. The summed E-state index contributed by atoms with van der Waals surface area (Å²) in [6, 6.07) is 10.7. The highest BCUT2D eigenvalue weighted by molar-refractivity contribution is 6.06. The molecule has 1 heterocycles. The maximum Gasteiger partial charge on any atom is 0.348 e. The molecule has 0 radical (unpaired) electrons. The minimum atomic E-state index is -1.91. The molecule has 1 fully saturated rings. The summed E-state index contributed by atoms with van der Waals surface area (Å²) in [5, 5.41) is 15.2. The zero-order valence-electron chi connectivity index (χ0n) is 29.1. The number of rotatable bonds is 9. The number of ketones is 1. The van der Waals surface area contributed by atoms with Crippen molar-refractivity contribution in [3.05, 3.63) is 59.7 Å². The van der Waals surface area contributed by atoms with E-state index in [1.807, 2.05) is 0 Å². The Morgan fingerprint density at radius 1 is 0.880 bits per heavy atom. The molecule has 0 saturated carbocycles. The molecule has 270 valence electrons. The molecule has 2 amide bonds. The molecule has 3 rings (SSSR count). The predicted molar refractivity (Wildman–Crippen MR) is 177 cm³/mol. The lowest BCUT2D eigenvalue weighted by Gasteiger charge is -2.30. The van der Waals surface area contributed by atoms with Crippen LogP contribution in [-0.4, -0.2) is 77.5 Å². The van der Waals surface area contributed by atoms with E-state index in [1.54, 1.807) is 58.0 Å². The number of aromatic hydroxyl groups is 1. The highest BCUT2D eigenvalue weighted by Crippen LogP contribution is 2.29. The van der Waals surface area contributed by atoms with Crippen molar-refractivity contribution in [2.75, 3.05) is 5.32 Å². The minimum absolute atomic E-state index is 0.0971. The first-order valence-electron chi connectivity index (χ1n) is 16.3. The van der Waals surface area contributed by atoms with Gasteiger partial charge in [-0.15, -0.1) is 0 Å². The number of nitrogens with one attached hydrogen (secondary N) is 2. The van der Waals surface area contributed by atoms with Crippen LogP contribution in [0.2, 0.25) is 0 Å². The number of phenolic OH excluding ortho intramolecular Hbond substituents is 1. The molecule has 1 saturated heterocycles. The van der Waals surface area contributed by atoms with Crippen molar-refractivity contribution in [3.63, 3.8) is 0 Å². The molecular weight excluding hydrogens is 652 g/mol. The Balaban J connectivity index is 2.12. The van der Waals surface area contributed by atoms with Crippen LogP contribution in [0, 0.1) is 17.3 Å². The van der Waals surface area contributed by atoms with Crippen molar-refractivity contribution >= 4 is 47.7 Å². The molecule has 1 aliphatic heterocycles. The first kappa shape index (κ1) is 39.2. The number of phenols is 1. The second kappa shape index (κ2) is 16.9. The summed E-state index contributed by atoms with van der Waals surface area (Å²) in [5.74, 6) is -8.24. The first-order chi connectivity index (χ1) is 23.5. The molecule has 6 atom stereocenters. The number of cyclic esters (lactones) is 4. The summed E-state index contributed by atoms with van der Waals surface area (Å²) in [6.07, 6.45) is -5.67. The van der Waals surface area contributed by atoms with E-state index in [4.69, 9.17) is 18.9 Å². The predicted octanol–water partition coefficient (Wildman–Crippen LogP) is 3.28. The van der Waals surface area contributed by atoms with E-state index in [1.165, 1.54) is 39.0 Å². The Labute approximate surface area is 290 Å². The summed E-state index contributed by atoms with van der Waals surface area (Å²) in [7, 11) is 0. The van der Waals surface area contributed by atoms with Gasteiger partial charge in [0.2, 0.25) is 18.6 Å². The number of amides is 2. The smallest absolute Gasteiger partial charge is 0.348 e. The number of esters is 4. The quantitative estimate of drug-likeness (QED) is 0.114. The second-order valence-corrected chi connectivity index (χ2v) is 13.0. The SMILES string of the molecule is CCC(C)C1OC(=O)C(C)(C)C(=O)C(Cc2ccccc2)OC(=O)C(C(C)C)OC(=O)C(NC(=O)c2cccc(NC=O)c2O)C(C)OC1=O. The molecule has 0 spiro atoms. The molecule has 2 aromatic carbocycles. The van der Waals surface area contributed by atoms with E-state index in [-0.39, 0.29) is 17.7 Å². The van der Waals surface area contributed by atoms with E-state index in [0.29, 0.717) is 18.4 Å². The van der Waals surface area contributed by atoms with Crippen LogP contribution in [0.25, 0.3) is 0 Å². The highest BCUT2D eigenvalue weighted by Gasteiger charge is 2.47. The highest BCUT2D eigenvalue weighted by atomic mass is 16.6. The molecule has 0 bridgehead atoms.